The van der Waals surface area contributed by atoms with Gasteiger partial charge in [0.05, 0.1) is 19.1 Å². The van der Waals surface area contributed by atoms with E-state index in [0.29, 0.717) is 23.3 Å². The van der Waals surface area contributed by atoms with Gasteiger partial charge in [-0.1, -0.05) is 25.7 Å². The summed E-state index contributed by atoms with van der Waals surface area (Å²) in [5, 5.41) is 0.563. The predicted octanol–water partition coefficient (Wildman–Crippen LogP) is 6.28. The van der Waals surface area contributed by atoms with Gasteiger partial charge in [-0.05, 0) is 81.7 Å². The second-order valence-corrected chi connectivity index (χ2v) is 8.88. The molecule has 0 N–H and O–H groups in total. The number of methoxy groups -OCH3 is 1. The Bertz CT molecular complexity index is 1070. The molecule has 176 valence electrons. The van der Waals surface area contributed by atoms with E-state index in [2.05, 4.69) is 4.90 Å². The lowest BCUT2D eigenvalue weighted by Gasteiger charge is -2.13. The first-order valence-electron chi connectivity index (χ1n) is 12.3. The number of fused-ring (bicyclic) bond motifs is 1. The molecule has 1 aliphatic heterocycles. The molecular formula is C28H35NO4. The Morgan fingerprint density at radius 1 is 0.848 bits per heavy atom. The number of rotatable bonds is 12. The molecule has 1 fully saturated rings. The Kier molecular flexibility index (Phi) is 8.42. The topological polar surface area (TPSA) is 51.9 Å². The Morgan fingerprint density at radius 3 is 2.30 bits per heavy atom. The van der Waals surface area contributed by atoms with Crippen molar-refractivity contribution < 1.29 is 13.9 Å². The number of hydrogen-bond acceptors (Lipinski definition) is 5. The van der Waals surface area contributed by atoms with Crippen LogP contribution in [0, 0.1) is 0 Å². The van der Waals surface area contributed by atoms with E-state index in [1.165, 1.54) is 70.6 Å². The molecule has 0 aliphatic carbocycles. The molecule has 5 nitrogen and oxygen atoms in total. The average Bonchev–Trinajstić information content (AvgIpc) is 3.36. The standard InChI is InChI=1S/C28H35NO4/c1-31-23-12-10-22(11-13-23)27-21-26(30)25-15-14-24(20-28(25)33-27)32-19-9-5-3-2-4-6-16-29-17-7-8-18-29/h10-15,20-21H,2-9,16-19H2,1H3. The van der Waals surface area contributed by atoms with Crippen LogP contribution in [-0.4, -0.2) is 38.3 Å². The second kappa shape index (κ2) is 11.9. The molecule has 3 aromatic rings. The van der Waals surface area contributed by atoms with Crippen molar-refractivity contribution in [2.24, 2.45) is 0 Å². The van der Waals surface area contributed by atoms with Crippen molar-refractivity contribution in [3.63, 3.8) is 0 Å². The summed E-state index contributed by atoms with van der Waals surface area (Å²) < 4.78 is 17.2. The van der Waals surface area contributed by atoms with Gasteiger partial charge in [-0.2, -0.15) is 0 Å². The third-order valence-electron chi connectivity index (χ3n) is 6.41. The van der Waals surface area contributed by atoms with Crippen LogP contribution in [0.3, 0.4) is 0 Å². The fourth-order valence-corrected chi connectivity index (χ4v) is 4.46. The predicted molar refractivity (Wildman–Crippen MR) is 133 cm³/mol. The maximum absolute atomic E-state index is 12.6. The monoisotopic (exact) mass is 449 g/mol. The second-order valence-electron chi connectivity index (χ2n) is 8.88. The van der Waals surface area contributed by atoms with E-state index in [0.717, 1.165) is 23.5 Å². The fourth-order valence-electron chi connectivity index (χ4n) is 4.46. The summed E-state index contributed by atoms with van der Waals surface area (Å²) in [6.45, 7) is 4.57. The third-order valence-corrected chi connectivity index (χ3v) is 6.41. The molecular weight excluding hydrogens is 414 g/mol. The molecule has 1 saturated heterocycles. The highest BCUT2D eigenvalue weighted by Crippen LogP contribution is 2.26. The third kappa shape index (κ3) is 6.61. The van der Waals surface area contributed by atoms with Crippen LogP contribution >= 0.6 is 0 Å². The molecule has 0 unspecified atom stereocenters. The molecule has 0 atom stereocenters. The van der Waals surface area contributed by atoms with Crippen LogP contribution < -0.4 is 14.9 Å². The van der Waals surface area contributed by atoms with E-state index in [1.54, 1.807) is 13.2 Å². The Balaban J connectivity index is 1.23. The van der Waals surface area contributed by atoms with Crippen LogP contribution in [-0.2, 0) is 0 Å². The van der Waals surface area contributed by atoms with Crippen molar-refractivity contribution in [3.8, 4) is 22.8 Å². The lowest BCUT2D eigenvalue weighted by molar-refractivity contribution is 0.302. The molecule has 1 aromatic heterocycles. The highest BCUT2D eigenvalue weighted by Gasteiger charge is 2.10. The highest BCUT2D eigenvalue weighted by atomic mass is 16.5. The summed E-state index contributed by atoms with van der Waals surface area (Å²) in [6, 6.07) is 14.5. The molecule has 2 aromatic carbocycles. The number of ether oxygens (including phenoxy) is 2. The molecule has 33 heavy (non-hydrogen) atoms. The normalized spacial score (nSPS) is 14.1. The first-order valence-corrected chi connectivity index (χ1v) is 12.3. The number of benzene rings is 2. The minimum atomic E-state index is -0.0571. The van der Waals surface area contributed by atoms with Gasteiger partial charge in [0.2, 0.25) is 0 Å². The van der Waals surface area contributed by atoms with Crippen LogP contribution in [0.1, 0.15) is 51.4 Å². The number of nitrogens with zero attached hydrogens (tertiary/aromatic N) is 1. The summed E-state index contributed by atoms with van der Waals surface area (Å²) in [7, 11) is 1.63. The summed E-state index contributed by atoms with van der Waals surface area (Å²) in [5.41, 5.74) is 1.32. The maximum Gasteiger partial charge on any atom is 0.193 e. The zero-order valence-electron chi connectivity index (χ0n) is 19.7. The quantitative estimate of drug-likeness (QED) is 0.304. The van der Waals surface area contributed by atoms with Gasteiger partial charge >= 0.3 is 0 Å². The zero-order chi connectivity index (χ0) is 22.9. The molecule has 5 heteroatoms. The molecule has 1 aliphatic rings. The SMILES string of the molecule is COc1ccc(-c2cc(=O)c3ccc(OCCCCCCCCN4CCCC4)cc3o2)cc1. The Morgan fingerprint density at radius 2 is 1.55 bits per heavy atom. The van der Waals surface area contributed by atoms with E-state index < -0.39 is 0 Å². The van der Waals surface area contributed by atoms with E-state index >= 15 is 0 Å². The van der Waals surface area contributed by atoms with Crippen molar-refractivity contribution in [2.45, 2.75) is 51.4 Å². The van der Waals surface area contributed by atoms with Crippen molar-refractivity contribution in [2.75, 3.05) is 33.4 Å². The smallest absolute Gasteiger partial charge is 0.193 e. The number of likely N-dealkylation sites (tertiary alicyclic amines) is 1. The molecule has 0 bridgehead atoms. The molecule has 4 rings (SSSR count). The zero-order valence-corrected chi connectivity index (χ0v) is 19.7. The van der Waals surface area contributed by atoms with Crippen molar-refractivity contribution >= 4 is 11.0 Å². The van der Waals surface area contributed by atoms with Gasteiger partial charge in [-0.15, -0.1) is 0 Å². The van der Waals surface area contributed by atoms with Crippen LogP contribution in [0.2, 0.25) is 0 Å². The van der Waals surface area contributed by atoms with Gasteiger partial charge in [-0.3, -0.25) is 4.79 Å². The first-order chi connectivity index (χ1) is 16.2. The van der Waals surface area contributed by atoms with Crippen LogP contribution in [0.4, 0.5) is 0 Å². The van der Waals surface area contributed by atoms with E-state index in [-0.39, 0.29) is 5.43 Å². The van der Waals surface area contributed by atoms with Crippen LogP contribution in [0.15, 0.2) is 57.7 Å². The van der Waals surface area contributed by atoms with Crippen LogP contribution in [0.25, 0.3) is 22.3 Å². The van der Waals surface area contributed by atoms with E-state index in [1.807, 2.05) is 36.4 Å². The van der Waals surface area contributed by atoms with E-state index in [9.17, 15) is 4.79 Å². The van der Waals surface area contributed by atoms with Gasteiger partial charge < -0.3 is 18.8 Å². The maximum atomic E-state index is 12.6. The van der Waals surface area contributed by atoms with Crippen molar-refractivity contribution in [1.29, 1.82) is 0 Å². The molecule has 2 heterocycles. The van der Waals surface area contributed by atoms with Gasteiger partial charge in [0.15, 0.2) is 5.43 Å². The minimum Gasteiger partial charge on any atom is -0.497 e. The number of hydrogen-bond donors (Lipinski definition) is 0. The summed E-state index contributed by atoms with van der Waals surface area (Å²) in [6.07, 6.45) is 10.2. The number of unbranched alkanes of at least 4 members (excludes halogenated alkanes) is 5. The molecule has 0 saturated carbocycles. The highest BCUT2D eigenvalue weighted by molar-refractivity contribution is 5.80. The van der Waals surface area contributed by atoms with Gasteiger partial charge in [-0.25, -0.2) is 0 Å². The average molecular weight is 450 g/mol. The fraction of sp³-hybridized carbons (Fsp3) is 0.464. The Labute approximate surface area is 196 Å². The summed E-state index contributed by atoms with van der Waals surface area (Å²) in [5.74, 6) is 2.04. The lowest BCUT2D eigenvalue weighted by Crippen LogP contribution is -2.20. The summed E-state index contributed by atoms with van der Waals surface area (Å²) >= 11 is 0. The van der Waals surface area contributed by atoms with Gasteiger partial charge in [0, 0.05) is 17.7 Å². The Hall–Kier alpha value is -2.79. The van der Waals surface area contributed by atoms with Crippen molar-refractivity contribution in [1.82, 2.24) is 4.90 Å². The largest absolute Gasteiger partial charge is 0.497 e. The summed E-state index contributed by atoms with van der Waals surface area (Å²) in [4.78, 5) is 15.2. The van der Waals surface area contributed by atoms with Crippen LogP contribution in [0.5, 0.6) is 11.5 Å². The molecule has 0 amide bonds. The van der Waals surface area contributed by atoms with Gasteiger partial charge in [0.1, 0.15) is 22.8 Å². The van der Waals surface area contributed by atoms with E-state index in [4.69, 9.17) is 13.9 Å². The first kappa shape index (κ1) is 23.4. The van der Waals surface area contributed by atoms with Gasteiger partial charge in [0.25, 0.3) is 0 Å². The minimum absolute atomic E-state index is 0.0571. The molecule has 0 spiro atoms. The molecule has 0 radical (unpaired) electrons. The van der Waals surface area contributed by atoms with Crippen molar-refractivity contribution in [3.05, 3.63) is 58.8 Å². The lowest BCUT2D eigenvalue weighted by atomic mass is 10.1.